The van der Waals surface area contributed by atoms with E-state index in [1.54, 1.807) is 0 Å². The molecule has 1 heterocycles. The van der Waals surface area contributed by atoms with Crippen LogP contribution in [-0.2, 0) is 6.42 Å². The molecule has 1 aliphatic heterocycles. The van der Waals surface area contributed by atoms with Crippen molar-refractivity contribution in [3.8, 4) is 5.75 Å². The van der Waals surface area contributed by atoms with Crippen LogP contribution in [0.25, 0.3) is 0 Å². The van der Waals surface area contributed by atoms with Crippen LogP contribution in [0, 0.1) is 0 Å². The molecule has 21 heavy (non-hydrogen) atoms. The molecule has 2 aromatic rings. The molecule has 110 valence electrons. The lowest BCUT2D eigenvalue weighted by Gasteiger charge is -2.15. The summed E-state index contributed by atoms with van der Waals surface area (Å²) in [5.41, 5.74) is 4.41. The second-order valence-electron chi connectivity index (χ2n) is 5.84. The van der Waals surface area contributed by atoms with Gasteiger partial charge in [0.05, 0.1) is 6.61 Å². The molecule has 0 saturated heterocycles. The Balaban J connectivity index is 1.83. The van der Waals surface area contributed by atoms with Gasteiger partial charge in [-0.15, -0.1) is 0 Å². The molecule has 1 N–H and O–H groups in total. The molecule has 0 bridgehead atoms. The molecule has 0 aromatic heterocycles. The van der Waals surface area contributed by atoms with Crippen LogP contribution in [0.1, 0.15) is 54.5 Å². The van der Waals surface area contributed by atoms with Gasteiger partial charge in [0.25, 0.3) is 0 Å². The molecule has 0 saturated carbocycles. The maximum atomic E-state index is 10.6. The second kappa shape index (κ2) is 5.90. The number of benzene rings is 2. The predicted octanol–water partition coefficient (Wildman–Crippen LogP) is 4.22. The Hall–Kier alpha value is -1.80. The SMILES string of the molecule is CCC(C)c1ccc(C(O)c2ccc3c(c2)CCO3)cc1. The van der Waals surface area contributed by atoms with Gasteiger partial charge in [-0.3, -0.25) is 0 Å². The zero-order chi connectivity index (χ0) is 14.8. The number of hydrogen-bond acceptors (Lipinski definition) is 2. The molecule has 0 radical (unpaired) electrons. The van der Waals surface area contributed by atoms with Crippen LogP contribution in [0.2, 0.25) is 0 Å². The van der Waals surface area contributed by atoms with Gasteiger partial charge in [-0.2, -0.15) is 0 Å². The molecule has 2 aromatic carbocycles. The van der Waals surface area contributed by atoms with E-state index in [1.807, 2.05) is 24.3 Å². The molecule has 2 heteroatoms. The van der Waals surface area contributed by atoms with Crippen molar-refractivity contribution in [2.45, 2.75) is 38.7 Å². The van der Waals surface area contributed by atoms with Gasteiger partial charge in [-0.1, -0.05) is 44.2 Å². The molecule has 0 aliphatic carbocycles. The summed E-state index contributed by atoms with van der Waals surface area (Å²) in [6, 6.07) is 14.3. The largest absolute Gasteiger partial charge is 0.493 e. The molecule has 0 amide bonds. The third-order valence-corrected chi connectivity index (χ3v) is 4.46. The maximum absolute atomic E-state index is 10.6. The van der Waals surface area contributed by atoms with Crippen LogP contribution >= 0.6 is 0 Å². The zero-order valence-electron chi connectivity index (χ0n) is 12.7. The van der Waals surface area contributed by atoms with Crippen molar-refractivity contribution in [3.63, 3.8) is 0 Å². The van der Waals surface area contributed by atoms with E-state index in [4.69, 9.17) is 4.74 Å². The fraction of sp³-hybridized carbons (Fsp3) is 0.368. The van der Waals surface area contributed by atoms with E-state index in [2.05, 4.69) is 32.0 Å². The topological polar surface area (TPSA) is 29.5 Å². The van der Waals surface area contributed by atoms with E-state index >= 15 is 0 Å². The fourth-order valence-electron chi connectivity index (χ4n) is 2.81. The summed E-state index contributed by atoms with van der Waals surface area (Å²) in [4.78, 5) is 0. The van der Waals surface area contributed by atoms with Gasteiger partial charge in [0.2, 0.25) is 0 Å². The summed E-state index contributed by atoms with van der Waals surface area (Å²) in [6.07, 6.45) is 1.50. The smallest absolute Gasteiger partial charge is 0.122 e. The first-order chi connectivity index (χ1) is 10.2. The average Bonchev–Trinajstić information content (AvgIpc) is 3.01. The predicted molar refractivity (Wildman–Crippen MR) is 84.9 cm³/mol. The Bertz CT molecular complexity index is 616. The van der Waals surface area contributed by atoms with Gasteiger partial charge in [0.15, 0.2) is 0 Å². The minimum atomic E-state index is -0.568. The van der Waals surface area contributed by atoms with Crippen molar-refractivity contribution in [2.75, 3.05) is 6.61 Å². The van der Waals surface area contributed by atoms with E-state index in [0.29, 0.717) is 5.92 Å². The number of hydrogen-bond donors (Lipinski definition) is 1. The van der Waals surface area contributed by atoms with Crippen molar-refractivity contribution >= 4 is 0 Å². The third kappa shape index (κ3) is 2.81. The zero-order valence-corrected chi connectivity index (χ0v) is 12.7. The summed E-state index contributed by atoms with van der Waals surface area (Å²) >= 11 is 0. The average molecular weight is 282 g/mol. The van der Waals surface area contributed by atoms with E-state index in [0.717, 1.165) is 36.3 Å². The first-order valence-corrected chi connectivity index (χ1v) is 7.72. The lowest BCUT2D eigenvalue weighted by molar-refractivity contribution is 0.220. The Labute approximate surface area is 126 Å². The molecule has 2 unspecified atom stereocenters. The van der Waals surface area contributed by atoms with Gasteiger partial charge in [0, 0.05) is 6.42 Å². The standard InChI is InChI=1S/C19H22O2/c1-3-13(2)14-4-6-15(7-5-14)19(20)17-8-9-18-16(12-17)10-11-21-18/h4-9,12-13,19-20H,3,10-11H2,1-2H3. The summed E-state index contributed by atoms with van der Waals surface area (Å²) in [6.45, 7) is 5.17. The molecule has 1 aliphatic rings. The van der Waals surface area contributed by atoms with Crippen LogP contribution in [0.4, 0.5) is 0 Å². The van der Waals surface area contributed by atoms with Gasteiger partial charge in [-0.25, -0.2) is 0 Å². The lowest BCUT2D eigenvalue weighted by atomic mass is 9.94. The van der Waals surface area contributed by atoms with Gasteiger partial charge >= 0.3 is 0 Å². The number of rotatable bonds is 4. The fourth-order valence-corrected chi connectivity index (χ4v) is 2.81. The monoisotopic (exact) mass is 282 g/mol. The summed E-state index contributed by atoms with van der Waals surface area (Å²) < 4.78 is 5.51. The molecule has 0 spiro atoms. The van der Waals surface area contributed by atoms with Crippen molar-refractivity contribution in [1.29, 1.82) is 0 Å². The number of aliphatic hydroxyl groups excluding tert-OH is 1. The highest BCUT2D eigenvalue weighted by atomic mass is 16.5. The Kier molecular flexibility index (Phi) is 3.98. The van der Waals surface area contributed by atoms with E-state index in [9.17, 15) is 5.11 Å². The number of aliphatic hydroxyl groups is 1. The maximum Gasteiger partial charge on any atom is 0.122 e. The minimum absolute atomic E-state index is 0.563. The Morgan fingerprint density at radius 2 is 1.71 bits per heavy atom. The van der Waals surface area contributed by atoms with Crippen LogP contribution in [0.5, 0.6) is 5.75 Å². The Morgan fingerprint density at radius 3 is 2.43 bits per heavy atom. The highest BCUT2D eigenvalue weighted by molar-refractivity contribution is 5.43. The van der Waals surface area contributed by atoms with Crippen molar-refractivity contribution in [3.05, 3.63) is 64.7 Å². The molecular formula is C19H22O2. The molecule has 2 nitrogen and oxygen atoms in total. The van der Waals surface area contributed by atoms with E-state index < -0.39 is 6.10 Å². The first-order valence-electron chi connectivity index (χ1n) is 7.72. The van der Waals surface area contributed by atoms with Gasteiger partial charge in [-0.05, 0) is 46.7 Å². The summed E-state index contributed by atoms with van der Waals surface area (Å²) in [7, 11) is 0. The lowest BCUT2D eigenvalue weighted by Crippen LogP contribution is -2.01. The first kappa shape index (κ1) is 14.2. The highest BCUT2D eigenvalue weighted by Crippen LogP contribution is 2.31. The molecular weight excluding hydrogens is 260 g/mol. The number of fused-ring (bicyclic) bond motifs is 1. The van der Waals surface area contributed by atoms with Crippen LogP contribution < -0.4 is 4.74 Å². The van der Waals surface area contributed by atoms with Crippen molar-refractivity contribution in [2.24, 2.45) is 0 Å². The quantitative estimate of drug-likeness (QED) is 0.910. The van der Waals surface area contributed by atoms with Crippen LogP contribution in [-0.4, -0.2) is 11.7 Å². The summed E-state index contributed by atoms with van der Waals surface area (Å²) in [5.74, 6) is 1.52. The van der Waals surface area contributed by atoms with Crippen molar-refractivity contribution in [1.82, 2.24) is 0 Å². The molecule has 3 rings (SSSR count). The number of ether oxygens (including phenoxy) is 1. The molecule has 2 atom stereocenters. The highest BCUT2D eigenvalue weighted by Gasteiger charge is 2.16. The van der Waals surface area contributed by atoms with Gasteiger partial charge < -0.3 is 9.84 Å². The third-order valence-electron chi connectivity index (χ3n) is 4.46. The minimum Gasteiger partial charge on any atom is -0.493 e. The van der Waals surface area contributed by atoms with E-state index in [1.165, 1.54) is 11.1 Å². The normalized spacial score (nSPS) is 16.1. The molecule has 0 fully saturated rings. The van der Waals surface area contributed by atoms with Crippen molar-refractivity contribution < 1.29 is 9.84 Å². The van der Waals surface area contributed by atoms with Crippen LogP contribution in [0.15, 0.2) is 42.5 Å². The van der Waals surface area contributed by atoms with Crippen LogP contribution in [0.3, 0.4) is 0 Å². The van der Waals surface area contributed by atoms with E-state index in [-0.39, 0.29) is 0 Å². The summed E-state index contributed by atoms with van der Waals surface area (Å²) in [5, 5.41) is 10.6. The van der Waals surface area contributed by atoms with Gasteiger partial charge in [0.1, 0.15) is 11.9 Å². The second-order valence-corrected chi connectivity index (χ2v) is 5.84. The Morgan fingerprint density at radius 1 is 1.05 bits per heavy atom.